The van der Waals surface area contributed by atoms with Gasteiger partial charge in [-0.25, -0.2) is 4.79 Å². The van der Waals surface area contributed by atoms with E-state index in [1.54, 1.807) is 11.3 Å². The highest BCUT2D eigenvalue weighted by Gasteiger charge is 2.15. The number of nitrogens with one attached hydrogen (secondary N) is 2. The van der Waals surface area contributed by atoms with Crippen molar-refractivity contribution >= 4 is 23.1 Å². The smallest absolute Gasteiger partial charge is 0.407 e. The second-order valence-corrected chi connectivity index (χ2v) is 5.15. The Balaban J connectivity index is 2.09. The van der Waals surface area contributed by atoms with Crippen LogP contribution < -0.4 is 10.6 Å². The average Bonchev–Trinajstić information content (AvgIpc) is 2.62. The molecule has 1 amide bonds. The van der Waals surface area contributed by atoms with E-state index in [9.17, 15) is 4.79 Å². The van der Waals surface area contributed by atoms with Crippen LogP contribution >= 0.6 is 11.3 Å². The van der Waals surface area contributed by atoms with Crippen LogP contribution in [0.3, 0.4) is 0 Å². The predicted molar refractivity (Wildman–Crippen MR) is 67.0 cm³/mol. The lowest BCUT2D eigenvalue weighted by Gasteiger charge is -2.19. The lowest BCUT2D eigenvalue weighted by molar-refractivity contribution is 0.0530. The van der Waals surface area contributed by atoms with Crippen molar-refractivity contribution < 1.29 is 9.53 Å². The predicted octanol–water partition coefficient (Wildman–Crippen LogP) is 2.68. The van der Waals surface area contributed by atoms with Crippen LogP contribution in [0.25, 0.3) is 0 Å². The third-order valence-electron chi connectivity index (χ3n) is 1.64. The number of rotatable bonds is 4. The standard InChI is InChI=1S/C11H18N2O2S/c1-11(2,3)15-10(14)13-6-5-12-9-4-7-16-8-9/h4,7-8,12H,5-6H2,1-3H3,(H,13,14). The Bertz CT molecular complexity index is 317. The summed E-state index contributed by atoms with van der Waals surface area (Å²) in [6, 6.07) is 2.00. The molecule has 0 atom stereocenters. The van der Waals surface area contributed by atoms with Gasteiger partial charge in [0, 0.05) is 24.2 Å². The fourth-order valence-electron chi connectivity index (χ4n) is 1.05. The highest BCUT2D eigenvalue weighted by Crippen LogP contribution is 2.10. The normalized spacial score (nSPS) is 10.9. The quantitative estimate of drug-likeness (QED) is 0.798. The van der Waals surface area contributed by atoms with Crippen molar-refractivity contribution in [3.8, 4) is 0 Å². The van der Waals surface area contributed by atoms with Gasteiger partial charge in [0.15, 0.2) is 0 Å². The Labute approximate surface area is 100 Å². The van der Waals surface area contributed by atoms with E-state index < -0.39 is 5.60 Å². The van der Waals surface area contributed by atoms with Gasteiger partial charge in [-0.15, -0.1) is 0 Å². The zero-order chi connectivity index (χ0) is 12.0. The summed E-state index contributed by atoms with van der Waals surface area (Å²) in [6.07, 6.45) is -0.375. The molecule has 0 aliphatic carbocycles. The molecule has 1 rings (SSSR count). The Morgan fingerprint density at radius 3 is 2.75 bits per heavy atom. The van der Waals surface area contributed by atoms with Crippen LogP contribution in [0.4, 0.5) is 10.5 Å². The van der Waals surface area contributed by atoms with E-state index in [1.807, 2.05) is 37.6 Å². The van der Waals surface area contributed by atoms with Crippen LogP contribution in [-0.2, 0) is 4.74 Å². The lowest BCUT2D eigenvalue weighted by atomic mass is 10.2. The van der Waals surface area contributed by atoms with Crippen LogP contribution in [0.1, 0.15) is 20.8 Å². The van der Waals surface area contributed by atoms with Gasteiger partial charge >= 0.3 is 6.09 Å². The van der Waals surface area contributed by atoms with Gasteiger partial charge in [0.2, 0.25) is 0 Å². The molecule has 0 aromatic carbocycles. The summed E-state index contributed by atoms with van der Waals surface area (Å²) in [7, 11) is 0. The van der Waals surface area contributed by atoms with Gasteiger partial charge in [0.1, 0.15) is 5.60 Å². The van der Waals surface area contributed by atoms with E-state index in [-0.39, 0.29) is 6.09 Å². The number of thiophene rings is 1. The van der Waals surface area contributed by atoms with Gasteiger partial charge < -0.3 is 15.4 Å². The van der Waals surface area contributed by atoms with E-state index in [0.29, 0.717) is 13.1 Å². The first-order valence-corrected chi connectivity index (χ1v) is 6.14. The summed E-state index contributed by atoms with van der Waals surface area (Å²) in [6.45, 7) is 6.77. The van der Waals surface area contributed by atoms with Crippen molar-refractivity contribution in [3.63, 3.8) is 0 Å². The highest BCUT2D eigenvalue weighted by molar-refractivity contribution is 7.08. The van der Waals surface area contributed by atoms with Crippen molar-refractivity contribution in [1.29, 1.82) is 0 Å². The number of alkyl carbamates (subject to hydrolysis) is 1. The van der Waals surface area contributed by atoms with Gasteiger partial charge in [-0.05, 0) is 32.2 Å². The number of amides is 1. The Morgan fingerprint density at radius 2 is 2.19 bits per heavy atom. The SMILES string of the molecule is CC(C)(C)OC(=O)NCCNc1ccsc1. The third kappa shape index (κ3) is 5.60. The molecule has 4 nitrogen and oxygen atoms in total. The van der Waals surface area contributed by atoms with Crippen LogP contribution in [-0.4, -0.2) is 24.8 Å². The van der Waals surface area contributed by atoms with Gasteiger partial charge in [0.05, 0.1) is 0 Å². The minimum atomic E-state index is -0.440. The van der Waals surface area contributed by atoms with Gasteiger partial charge in [-0.2, -0.15) is 11.3 Å². The maximum Gasteiger partial charge on any atom is 0.407 e. The summed E-state index contributed by atoms with van der Waals surface area (Å²) >= 11 is 1.64. The lowest BCUT2D eigenvalue weighted by Crippen LogP contribution is -2.34. The van der Waals surface area contributed by atoms with E-state index >= 15 is 0 Å². The molecular formula is C11H18N2O2S. The summed E-state index contributed by atoms with van der Waals surface area (Å²) < 4.78 is 5.10. The maximum absolute atomic E-state index is 11.3. The summed E-state index contributed by atoms with van der Waals surface area (Å²) in [4.78, 5) is 11.3. The zero-order valence-electron chi connectivity index (χ0n) is 9.87. The fourth-order valence-corrected chi connectivity index (χ4v) is 1.66. The summed E-state index contributed by atoms with van der Waals surface area (Å²) in [5.41, 5.74) is 0.640. The van der Waals surface area contributed by atoms with Crippen LogP contribution in [0.2, 0.25) is 0 Å². The van der Waals surface area contributed by atoms with Crippen molar-refractivity contribution in [2.45, 2.75) is 26.4 Å². The first-order chi connectivity index (χ1) is 7.47. The second kappa shape index (κ2) is 5.75. The topological polar surface area (TPSA) is 50.4 Å². The van der Waals surface area contributed by atoms with Crippen molar-refractivity contribution in [2.75, 3.05) is 18.4 Å². The first-order valence-electron chi connectivity index (χ1n) is 5.20. The molecule has 0 radical (unpaired) electrons. The number of carbonyl (C=O) groups excluding carboxylic acids is 1. The average molecular weight is 242 g/mol. The molecule has 0 fully saturated rings. The third-order valence-corrected chi connectivity index (χ3v) is 2.33. The van der Waals surface area contributed by atoms with Crippen LogP contribution in [0, 0.1) is 0 Å². The molecule has 0 saturated heterocycles. The molecular weight excluding hydrogens is 224 g/mol. The van der Waals surface area contributed by atoms with Gasteiger partial charge in [-0.1, -0.05) is 0 Å². The number of hydrogen-bond acceptors (Lipinski definition) is 4. The molecule has 90 valence electrons. The molecule has 0 unspecified atom stereocenters. The van der Waals surface area contributed by atoms with Crippen molar-refractivity contribution in [3.05, 3.63) is 16.8 Å². The van der Waals surface area contributed by atoms with E-state index in [1.165, 1.54) is 0 Å². The van der Waals surface area contributed by atoms with E-state index in [4.69, 9.17) is 4.74 Å². The maximum atomic E-state index is 11.3. The molecule has 16 heavy (non-hydrogen) atoms. The monoisotopic (exact) mass is 242 g/mol. The molecule has 0 aliphatic rings. The molecule has 0 saturated carbocycles. The van der Waals surface area contributed by atoms with Gasteiger partial charge in [0.25, 0.3) is 0 Å². The van der Waals surface area contributed by atoms with Crippen molar-refractivity contribution in [2.24, 2.45) is 0 Å². The number of anilines is 1. The molecule has 1 aromatic rings. The Kier molecular flexibility index (Phi) is 4.61. The Hall–Kier alpha value is -1.23. The van der Waals surface area contributed by atoms with E-state index in [0.717, 1.165) is 5.69 Å². The number of ether oxygens (including phenoxy) is 1. The molecule has 0 aliphatic heterocycles. The first kappa shape index (κ1) is 12.8. The van der Waals surface area contributed by atoms with E-state index in [2.05, 4.69) is 10.6 Å². The minimum absolute atomic E-state index is 0.375. The zero-order valence-corrected chi connectivity index (χ0v) is 10.7. The molecule has 5 heteroatoms. The number of carbonyl (C=O) groups is 1. The second-order valence-electron chi connectivity index (χ2n) is 4.37. The number of hydrogen-bond donors (Lipinski definition) is 2. The Morgan fingerprint density at radius 1 is 1.44 bits per heavy atom. The molecule has 0 bridgehead atoms. The molecule has 1 aromatic heterocycles. The van der Waals surface area contributed by atoms with Crippen LogP contribution in [0.15, 0.2) is 16.8 Å². The van der Waals surface area contributed by atoms with Gasteiger partial charge in [-0.3, -0.25) is 0 Å². The van der Waals surface area contributed by atoms with Crippen molar-refractivity contribution in [1.82, 2.24) is 5.32 Å². The minimum Gasteiger partial charge on any atom is -0.444 e. The summed E-state index contributed by atoms with van der Waals surface area (Å²) in [5.74, 6) is 0. The molecule has 2 N–H and O–H groups in total. The molecule has 1 heterocycles. The van der Waals surface area contributed by atoms with Crippen LogP contribution in [0.5, 0.6) is 0 Å². The molecule has 0 spiro atoms. The summed E-state index contributed by atoms with van der Waals surface area (Å²) in [5, 5.41) is 9.89. The fraction of sp³-hybridized carbons (Fsp3) is 0.545. The largest absolute Gasteiger partial charge is 0.444 e. The highest BCUT2D eigenvalue weighted by atomic mass is 32.1.